The van der Waals surface area contributed by atoms with E-state index in [0.29, 0.717) is 11.4 Å². The first-order valence-corrected chi connectivity index (χ1v) is 6.69. The summed E-state index contributed by atoms with van der Waals surface area (Å²) in [7, 11) is 1.31. The van der Waals surface area contributed by atoms with Crippen molar-refractivity contribution in [3.05, 3.63) is 46.9 Å². The molecule has 0 saturated heterocycles. The molecule has 1 N–H and O–H groups in total. The van der Waals surface area contributed by atoms with Crippen LogP contribution in [0, 0.1) is 5.82 Å². The number of nitrogens with zero attached hydrogens (tertiary/aromatic N) is 2. The van der Waals surface area contributed by atoms with Crippen LogP contribution in [0.2, 0.25) is 5.02 Å². The summed E-state index contributed by atoms with van der Waals surface area (Å²) in [5, 5.41) is 7.30. The van der Waals surface area contributed by atoms with Gasteiger partial charge in [0.25, 0.3) is 0 Å². The quantitative estimate of drug-likeness (QED) is 0.862. The average Bonchev–Trinajstić information content (AvgIpc) is 2.88. The third-order valence-corrected chi connectivity index (χ3v) is 3.26. The molecule has 0 bridgehead atoms. The first-order valence-electron chi connectivity index (χ1n) is 6.32. The van der Waals surface area contributed by atoms with Crippen LogP contribution < -0.4 is 5.32 Å². The Morgan fingerprint density at radius 3 is 3.00 bits per heavy atom. The summed E-state index contributed by atoms with van der Waals surface area (Å²) in [6, 6.07) is 6.23. The molecule has 0 radical (unpaired) electrons. The Balaban J connectivity index is 2.07. The first kappa shape index (κ1) is 15.3. The standard InChI is InChI=1S/C14H15ClFN3O2/c1-9(10-4-3-5-11(15)14(10)16)17-12-6-7-19(18-12)8-13(20)21-2/h3-7,9H,8H2,1-2H3,(H,17,18)/t9-/m0/s1. The average molecular weight is 312 g/mol. The molecule has 0 amide bonds. The molecule has 1 aromatic heterocycles. The number of nitrogens with one attached hydrogen (secondary N) is 1. The van der Waals surface area contributed by atoms with Crippen LogP contribution >= 0.6 is 11.6 Å². The summed E-state index contributed by atoms with van der Waals surface area (Å²) in [6.07, 6.45) is 1.64. The number of benzene rings is 1. The van der Waals surface area contributed by atoms with Gasteiger partial charge in [-0.3, -0.25) is 9.48 Å². The molecule has 2 rings (SSSR count). The normalized spacial score (nSPS) is 12.0. The molecule has 1 aromatic carbocycles. The fourth-order valence-corrected chi connectivity index (χ4v) is 2.06. The van der Waals surface area contributed by atoms with Gasteiger partial charge in [-0.15, -0.1) is 0 Å². The number of halogens is 2. The summed E-state index contributed by atoms with van der Waals surface area (Å²) >= 11 is 5.76. The Hall–Kier alpha value is -2.08. The van der Waals surface area contributed by atoms with Crippen molar-refractivity contribution >= 4 is 23.4 Å². The van der Waals surface area contributed by atoms with Crippen molar-refractivity contribution in [3.8, 4) is 0 Å². The van der Waals surface area contributed by atoms with E-state index >= 15 is 0 Å². The summed E-state index contributed by atoms with van der Waals surface area (Å²) in [6.45, 7) is 1.83. The van der Waals surface area contributed by atoms with Crippen molar-refractivity contribution < 1.29 is 13.9 Å². The third-order valence-electron chi connectivity index (χ3n) is 2.97. The zero-order chi connectivity index (χ0) is 15.4. The lowest BCUT2D eigenvalue weighted by Gasteiger charge is -2.15. The van der Waals surface area contributed by atoms with Gasteiger partial charge < -0.3 is 10.1 Å². The summed E-state index contributed by atoms with van der Waals surface area (Å²) < 4.78 is 19.9. The van der Waals surface area contributed by atoms with Crippen LogP contribution in [0.25, 0.3) is 0 Å². The van der Waals surface area contributed by atoms with Crippen molar-refractivity contribution in [2.24, 2.45) is 0 Å². The van der Waals surface area contributed by atoms with E-state index in [-0.39, 0.29) is 17.6 Å². The highest BCUT2D eigenvalue weighted by molar-refractivity contribution is 6.30. The molecule has 0 saturated carbocycles. The van der Waals surface area contributed by atoms with E-state index < -0.39 is 11.8 Å². The minimum absolute atomic E-state index is 0.0259. The van der Waals surface area contributed by atoms with Gasteiger partial charge in [0.05, 0.1) is 18.2 Å². The van der Waals surface area contributed by atoms with Crippen LogP contribution in [-0.2, 0) is 16.1 Å². The van der Waals surface area contributed by atoms with Crippen molar-refractivity contribution in [1.82, 2.24) is 9.78 Å². The number of carbonyl (C=O) groups excluding carboxylic acids is 1. The van der Waals surface area contributed by atoms with Gasteiger partial charge in [-0.05, 0) is 13.0 Å². The van der Waals surface area contributed by atoms with E-state index in [9.17, 15) is 9.18 Å². The van der Waals surface area contributed by atoms with E-state index in [1.54, 1.807) is 31.3 Å². The zero-order valence-corrected chi connectivity index (χ0v) is 12.4. The Kier molecular flexibility index (Phi) is 4.80. The van der Waals surface area contributed by atoms with Gasteiger partial charge in [0.2, 0.25) is 0 Å². The highest BCUT2D eigenvalue weighted by Crippen LogP contribution is 2.25. The molecule has 0 unspecified atom stereocenters. The fraction of sp³-hybridized carbons (Fsp3) is 0.286. The third kappa shape index (κ3) is 3.72. The second-order valence-electron chi connectivity index (χ2n) is 4.48. The van der Waals surface area contributed by atoms with E-state index in [1.165, 1.54) is 17.9 Å². The maximum absolute atomic E-state index is 13.9. The molecule has 0 aliphatic heterocycles. The lowest BCUT2D eigenvalue weighted by Crippen LogP contribution is -2.13. The molecule has 5 nitrogen and oxygen atoms in total. The highest BCUT2D eigenvalue weighted by atomic mass is 35.5. The number of hydrogen-bond acceptors (Lipinski definition) is 4. The molecule has 0 spiro atoms. The van der Waals surface area contributed by atoms with Crippen LogP contribution in [0.5, 0.6) is 0 Å². The lowest BCUT2D eigenvalue weighted by molar-refractivity contribution is -0.141. The maximum Gasteiger partial charge on any atom is 0.327 e. The molecular weight excluding hydrogens is 297 g/mol. The maximum atomic E-state index is 13.9. The van der Waals surface area contributed by atoms with Crippen LogP contribution in [0.15, 0.2) is 30.5 Å². The van der Waals surface area contributed by atoms with Crippen molar-refractivity contribution in [3.63, 3.8) is 0 Å². The molecule has 0 fully saturated rings. The van der Waals surface area contributed by atoms with Crippen LogP contribution in [0.3, 0.4) is 0 Å². The summed E-state index contributed by atoms with van der Waals surface area (Å²) in [4.78, 5) is 11.1. The van der Waals surface area contributed by atoms with Crippen LogP contribution in [-0.4, -0.2) is 22.9 Å². The number of methoxy groups -OCH3 is 1. The smallest absolute Gasteiger partial charge is 0.327 e. The topological polar surface area (TPSA) is 56.1 Å². The Labute approximate surface area is 126 Å². The second-order valence-corrected chi connectivity index (χ2v) is 4.89. The van der Waals surface area contributed by atoms with E-state index in [2.05, 4.69) is 15.2 Å². The first-order chi connectivity index (χ1) is 10.0. The van der Waals surface area contributed by atoms with Gasteiger partial charge >= 0.3 is 5.97 Å². The fourth-order valence-electron chi connectivity index (χ4n) is 1.88. The molecule has 0 aliphatic carbocycles. The van der Waals surface area contributed by atoms with Gasteiger partial charge in [-0.2, -0.15) is 5.10 Å². The molecule has 2 aromatic rings. The Morgan fingerprint density at radius 2 is 2.29 bits per heavy atom. The van der Waals surface area contributed by atoms with Gasteiger partial charge in [-0.1, -0.05) is 23.7 Å². The molecule has 21 heavy (non-hydrogen) atoms. The minimum Gasteiger partial charge on any atom is -0.468 e. The number of ether oxygens (including phenoxy) is 1. The van der Waals surface area contributed by atoms with Crippen molar-refractivity contribution in [2.45, 2.75) is 19.5 Å². The van der Waals surface area contributed by atoms with Crippen molar-refractivity contribution in [1.29, 1.82) is 0 Å². The Bertz CT molecular complexity index is 645. The number of carbonyl (C=O) groups is 1. The molecule has 1 heterocycles. The van der Waals surface area contributed by atoms with E-state index in [1.807, 2.05) is 0 Å². The van der Waals surface area contributed by atoms with Gasteiger partial charge in [-0.25, -0.2) is 4.39 Å². The van der Waals surface area contributed by atoms with Gasteiger partial charge in [0, 0.05) is 17.8 Å². The van der Waals surface area contributed by atoms with E-state index in [4.69, 9.17) is 11.6 Å². The highest BCUT2D eigenvalue weighted by Gasteiger charge is 2.14. The molecule has 7 heteroatoms. The Morgan fingerprint density at radius 1 is 1.52 bits per heavy atom. The lowest BCUT2D eigenvalue weighted by atomic mass is 10.1. The number of esters is 1. The predicted octanol–water partition coefficient (Wildman–Crippen LogP) is 3.02. The van der Waals surface area contributed by atoms with Gasteiger partial charge in [0.15, 0.2) is 0 Å². The van der Waals surface area contributed by atoms with Crippen molar-refractivity contribution in [2.75, 3.05) is 12.4 Å². The predicted molar refractivity (Wildman–Crippen MR) is 77.7 cm³/mol. The van der Waals surface area contributed by atoms with Crippen LogP contribution in [0.4, 0.5) is 10.2 Å². The number of aromatic nitrogens is 2. The van der Waals surface area contributed by atoms with Gasteiger partial charge in [0.1, 0.15) is 18.2 Å². The molecular formula is C14H15ClFN3O2. The zero-order valence-electron chi connectivity index (χ0n) is 11.6. The monoisotopic (exact) mass is 311 g/mol. The molecule has 1 atom stereocenters. The van der Waals surface area contributed by atoms with Crippen LogP contribution in [0.1, 0.15) is 18.5 Å². The summed E-state index contributed by atoms with van der Waals surface area (Å²) in [5.74, 6) is -0.308. The van der Waals surface area contributed by atoms with E-state index in [0.717, 1.165) is 0 Å². The second kappa shape index (κ2) is 6.58. The number of hydrogen-bond donors (Lipinski definition) is 1. The number of rotatable bonds is 5. The number of anilines is 1. The summed E-state index contributed by atoms with van der Waals surface area (Å²) in [5.41, 5.74) is 0.449. The largest absolute Gasteiger partial charge is 0.468 e. The SMILES string of the molecule is COC(=O)Cn1ccc(N[C@@H](C)c2cccc(Cl)c2F)n1. The molecule has 0 aliphatic rings. The molecule has 112 valence electrons. The minimum atomic E-state index is -0.451.